The van der Waals surface area contributed by atoms with Gasteiger partial charge >= 0.3 is 0 Å². The summed E-state index contributed by atoms with van der Waals surface area (Å²) in [7, 11) is 1.62. The lowest BCUT2D eigenvalue weighted by Crippen LogP contribution is -2.46. The van der Waals surface area contributed by atoms with Crippen molar-refractivity contribution in [3.63, 3.8) is 0 Å². The van der Waals surface area contributed by atoms with Crippen LogP contribution in [-0.2, 0) is 0 Å². The molecular weight excluding hydrogens is 296 g/mol. The third-order valence-electron chi connectivity index (χ3n) is 4.90. The zero-order chi connectivity index (χ0) is 16.4. The molecule has 0 saturated carbocycles. The maximum atomic E-state index is 12.5. The van der Waals surface area contributed by atoms with Gasteiger partial charge in [0.1, 0.15) is 5.69 Å². The number of hydrogen-bond acceptors (Lipinski definition) is 5. The SMILES string of the molecule is CNc1ccc(C(=O)N[C@@H]2CCN3CCCC[C@H]23)cc1[N+](=O)[O-]. The van der Waals surface area contributed by atoms with Crippen molar-refractivity contribution in [3.05, 3.63) is 33.9 Å². The van der Waals surface area contributed by atoms with E-state index in [2.05, 4.69) is 15.5 Å². The molecule has 1 aromatic rings. The second-order valence-electron chi connectivity index (χ2n) is 6.21. The summed E-state index contributed by atoms with van der Waals surface area (Å²) < 4.78 is 0. The van der Waals surface area contributed by atoms with Crippen LogP contribution in [0.25, 0.3) is 0 Å². The van der Waals surface area contributed by atoms with E-state index in [9.17, 15) is 14.9 Å². The predicted octanol–water partition coefficient (Wildman–Crippen LogP) is 1.99. The first-order valence-corrected chi connectivity index (χ1v) is 8.11. The van der Waals surface area contributed by atoms with Crippen molar-refractivity contribution in [2.75, 3.05) is 25.5 Å². The van der Waals surface area contributed by atoms with Crippen molar-refractivity contribution in [2.45, 2.75) is 37.8 Å². The summed E-state index contributed by atoms with van der Waals surface area (Å²) in [6.07, 6.45) is 4.50. The summed E-state index contributed by atoms with van der Waals surface area (Å²) >= 11 is 0. The van der Waals surface area contributed by atoms with Crippen molar-refractivity contribution < 1.29 is 9.72 Å². The Labute approximate surface area is 135 Å². The number of anilines is 1. The van der Waals surface area contributed by atoms with Gasteiger partial charge in [-0.2, -0.15) is 0 Å². The molecule has 0 unspecified atom stereocenters. The van der Waals surface area contributed by atoms with Crippen LogP contribution in [0.1, 0.15) is 36.0 Å². The Morgan fingerprint density at radius 1 is 1.30 bits per heavy atom. The van der Waals surface area contributed by atoms with Crippen LogP contribution in [0, 0.1) is 10.1 Å². The topological polar surface area (TPSA) is 87.5 Å². The molecule has 0 spiro atoms. The van der Waals surface area contributed by atoms with Gasteiger partial charge in [0.25, 0.3) is 11.6 Å². The van der Waals surface area contributed by atoms with Gasteiger partial charge in [-0.1, -0.05) is 6.42 Å². The second-order valence-corrected chi connectivity index (χ2v) is 6.21. The Morgan fingerprint density at radius 3 is 2.87 bits per heavy atom. The number of nitrogens with zero attached hydrogens (tertiary/aromatic N) is 2. The Kier molecular flexibility index (Phi) is 4.47. The van der Waals surface area contributed by atoms with E-state index in [4.69, 9.17) is 0 Å². The summed E-state index contributed by atoms with van der Waals surface area (Å²) in [4.78, 5) is 25.6. The highest BCUT2D eigenvalue weighted by molar-refractivity contribution is 5.96. The van der Waals surface area contributed by atoms with E-state index in [1.807, 2.05) is 0 Å². The Balaban J connectivity index is 1.73. The summed E-state index contributed by atoms with van der Waals surface area (Å²) in [5.74, 6) is -0.229. The second kappa shape index (κ2) is 6.54. The van der Waals surface area contributed by atoms with Gasteiger partial charge in [-0.3, -0.25) is 19.8 Å². The molecule has 124 valence electrons. The standard InChI is InChI=1S/C16H22N4O3/c1-17-12-6-5-11(10-15(12)20(22)23)16(21)18-13-7-9-19-8-3-2-4-14(13)19/h5-6,10,13-14,17H,2-4,7-9H2,1H3,(H,18,21)/t13-,14-/m1/s1. The number of carbonyl (C=O) groups is 1. The van der Waals surface area contributed by atoms with Crippen molar-refractivity contribution in [1.82, 2.24) is 10.2 Å². The number of rotatable bonds is 4. The highest BCUT2D eigenvalue weighted by Gasteiger charge is 2.36. The highest BCUT2D eigenvalue weighted by Crippen LogP contribution is 2.28. The predicted molar refractivity (Wildman–Crippen MR) is 87.7 cm³/mol. The van der Waals surface area contributed by atoms with Gasteiger partial charge in [-0.15, -0.1) is 0 Å². The molecule has 2 aliphatic rings. The van der Waals surface area contributed by atoms with Gasteiger partial charge in [0.2, 0.25) is 0 Å². The largest absolute Gasteiger partial charge is 0.383 e. The fraction of sp³-hybridized carbons (Fsp3) is 0.562. The van der Waals surface area contributed by atoms with Crippen LogP contribution in [0.2, 0.25) is 0 Å². The fourth-order valence-electron chi connectivity index (χ4n) is 3.70. The van der Waals surface area contributed by atoms with Crippen molar-refractivity contribution in [3.8, 4) is 0 Å². The third-order valence-corrected chi connectivity index (χ3v) is 4.90. The number of nitro benzene ring substituents is 1. The summed E-state index contributed by atoms with van der Waals surface area (Å²) in [5, 5.41) is 17.0. The third kappa shape index (κ3) is 3.14. The van der Waals surface area contributed by atoms with E-state index in [1.165, 1.54) is 18.9 Å². The molecule has 2 atom stereocenters. The Hall–Kier alpha value is -2.15. The average molecular weight is 318 g/mol. The molecule has 1 aromatic carbocycles. The van der Waals surface area contributed by atoms with Crippen LogP contribution in [0.3, 0.4) is 0 Å². The first-order chi connectivity index (χ1) is 11.1. The number of piperidine rings is 1. The average Bonchev–Trinajstić information content (AvgIpc) is 2.97. The minimum Gasteiger partial charge on any atom is -0.383 e. The monoisotopic (exact) mass is 318 g/mol. The molecule has 2 saturated heterocycles. The van der Waals surface area contributed by atoms with Crippen molar-refractivity contribution >= 4 is 17.3 Å². The lowest BCUT2D eigenvalue weighted by atomic mass is 9.98. The molecule has 2 heterocycles. The van der Waals surface area contributed by atoms with Crippen LogP contribution in [0.5, 0.6) is 0 Å². The molecule has 3 rings (SSSR count). The number of benzene rings is 1. The number of carbonyl (C=O) groups excluding carboxylic acids is 1. The first kappa shape index (κ1) is 15.7. The van der Waals surface area contributed by atoms with Crippen LogP contribution >= 0.6 is 0 Å². The maximum Gasteiger partial charge on any atom is 0.293 e. The number of nitro groups is 1. The molecule has 2 fully saturated rings. The molecule has 2 N–H and O–H groups in total. The van der Waals surface area contributed by atoms with E-state index in [0.29, 0.717) is 17.3 Å². The first-order valence-electron chi connectivity index (χ1n) is 8.11. The van der Waals surface area contributed by atoms with Gasteiger partial charge in [0.05, 0.1) is 4.92 Å². The molecular formula is C16H22N4O3. The minimum atomic E-state index is -0.471. The summed E-state index contributed by atoms with van der Waals surface area (Å²) in [6.45, 7) is 2.13. The minimum absolute atomic E-state index is 0.0779. The fourth-order valence-corrected chi connectivity index (χ4v) is 3.70. The van der Waals surface area contributed by atoms with Gasteiger partial charge in [0.15, 0.2) is 0 Å². The van der Waals surface area contributed by atoms with Gasteiger partial charge in [-0.25, -0.2) is 0 Å². The van der Waals surface area contributed by atoms with E-state index in [-0.39, 0.29) is 17.6 Å². The zero-order valence-electron chi connectivity index (χ0n) is 13.2. The van der Waals surface area contributed by atoms with E-state index in [0.717, 1.165) is 25.9 Å². The van der Waals surface area contributed by atoms with Crippen molar-refractivity contribution in [2.24, 2.45) is 0 Å². The van der Waals surface area contributed by atoms with Crippen molar-refractivity contribution in [1.29, 1.82) is 0 Å². The molecule has 0 aliphatic carbocycles. The number of fused-ring (bicyclic) bond motifs is 1. The van der Waals surface area contributed by atoms with Gasteiger partial charge < -0.3 is 10.6 Å². The number of amides is 1. The van der Waals surface area contributed by atoms with E-state index in [1.54, 1.807) is 19.2 Å². The smallest absolute Gasteiger partial charge is 0.293 e. The summed E-state index contributed by atoms with van der Waals surface area (Å²) in [5.41, 5.74) is 0.668. The molecule has 0 aromatic heterocycles. The van der Waals surface area contributed by atoms with Gasteiger partial charge in [-0.05, 0) is 37.9 Å². The lowest BCUT2D eigenvalue weighted by molar-refractivity contribution is -0.384. The molecule has 1 amide bonds. The molecule has 0 bridgehead atoms. The Morgan fingerprint density at radius 2 is 2.13 bits per heavy atom. The number of hydrogen-bond donors (Lipinski definition) is 2. The summed E-state index contributed by atoms with van der Waals surface area (Å²) in [6, 6.07) is 5.11. The van der Waals surface area contributed by atoms with Crippen LogP contribution in [0.4, 0.5) is 11.4 Å². The Bertz CT molecular complexity index is 619. The molecule has 23 heavy (non-hydrogen) atoms. The van der Waals surface area contributed by atoms with E-state index < -0.39 is 4.92 Å². The lowest BCUT2D eigenvalue weighted by Gasteiger charge is -2.32. The van der Waals surface area contributed by atoms with Crippen LogP contribution in [0.15, 0.2) is 18.2 Å². The normalized spacial score (nSPS) is 24.0. The number of nitrogens with one attached hydrogen (secondary N) is 2. The molecule has 2 aliphatic heterocycles. The van der Waals surface area contributed by atoms with Crippen LogP contribution in [-0.4, -0.2) is 48.0 Å². The molecule has 7 nitrogen and oxygen atoms in total. The molecule has 0 radical (unpaired) electrons. The highest BCUT2D eigenvalue weighted by atomic mass is 16.6. The maximum absolute atomic E-state index is 12.5. The van der Waals surface area contributed by atoms with Crippen LogP contribution < -0.4 is 10.6 Å². The quantitative estimate of drug-likeness (QED) is 0.655. The zero-order valence-corrected chi connectivity index (χ0v) is 13.2. The molecule has 7 heteroatoms. The van der Waals surface area contributed by atoms with E-state index >= 15 is 0 Å². The van der Waals surface area contributed by atoms with Gasteiger partial charge in [0, 0.05) is 37.3 Å².